The first kappa shape index (κ1) is 20.7. The molecule has 0 amide bonds. The summed E-state index contributed by atoms with van der Waals surface area (Å²) in [5.41, 5.74) is 6.66. The maximum absolute atomic E-state index is 11.6. The van der Waals surface area contributed by atoms with Crippen LogP contribution >= 0.6 is 24.0 Å². The van der Waals surface area contributed by atoms with Crippen molar-refractivity contribution < 1.29 is 9.53 Å². The molecule has 0 radical (unpaired) electrons. The number of halogens is 1. The number of rotatable bonds is 4. The van der Waals surface area contributed by atoms with Crippen molar-refractivity contribution in [3.8, 4) is 0 Å². The molecule has 2 saturated heterocycles. The van der Waals surface area contributed by atoms with Crippen molar-refractivity contribution in [1.82, 2.24) is 9.88 Å². The van der Waals surface area contributed by atoms with Crippen LogP contribution in [0.25, 0.3) is 0 Å². The number of nitrogens with zero attached hydrogens (tertiary/aromatic N) is 4. The number of anilines is 1. The van der Waals surface area contributed by atoms with Crippen LogP contribution in [0.4, 0.5) is 5.82 Å². The Kier molecular flexibility index (Phi) is 7.92. The molecule has 8 heteroatoms. The van der Waals surface area contributed by atoms with Crippen LogP contribution in [-0.2, 0) is 4.74 Å². The number of likely N-dealkylation sites (tertiary alicyclic amines) is 1. The molecule has 0 bridgehead atoms. The summed E-state index contributed by atoms with van der Waals surface area (Å²) in [6.45, 7) is 5.80. The number of carbonyl (C=O) groups excluding carboxylic acids is 1. The first-order valence-electron chi connectivity index (χ1n) is 9.13. The quantitative estimate of drug-likeness (QED) is 0.313. The molecule has 144 valence electrons. The van der Waals surface area contributed by atoms with Crippen LogP contribution in [0.3, 0.4) is 0 Å². The largest absolute Gasteiger partial charge is 0.462 e. The second-order valence-electron chi connectivity index (χ2n) is 6.57. The van der Waals surface area contributed by atoms with Gasteiger partial charge in [0.2, 0.25) is 0 Å². The molecule has 0 aliphatic carbocycles. The number of pyridine rings is 1. The van der Waals surface area contributed by atoms with Gasteiger partial charge in [-0.3, -0.25) is 0 Å². The third kappa shape index (κ3) is 5.21. The highest BCUT2D eigenvalue weighted by Crippen LogP contribution is 2.21. The van der Waals surface area contributed by atoms with Crippen LogP contribution in [0.2, 0.25) is 0 Å². The van der Waals surface area contributed by atoms with Gasteiger partial charge in [0, 0.05) is 32.4 Å². The second kappa shape index (κ2) is 9.94. The molecule has 26 heavy (non-hydrogen) atoms. The summed E-state index contributed by atoms with van der Waals surface area (Å²) >= 11 is 0. The molecule has 3 rings (SSSR count). The predicted octanol–water partition coefficient (Wildman–Crippen LogP) is 2.26. The predicted molar refractivity (Wildman–Crippen MR) is 113 cm³/mol. The summed E-state index contributed by atoms with van der Waals surface area (Å²) in [7, 11) is 0. The summed E-state index contributed by atoms with van der Waals surface area (Å²) in [5, 5.41) is 0. The van der Waals surface area contributed by atoms with Gasteiger partial charge in [-0.15, -0.1) is 24.0 Å². The van der Waals surface area contributed by atoms with E-state index in [0.717, 1.165) is 32.0 Å². The summed E-state index contributed by atoms with van der Waals surface area (Å²) < 4.78 is 4.97. The fourth-order valence-electron chi connectivity index (χ4n) is 3.20. The average molecular weight is 473 g/mol. The number of hydrogen-bond acceptors (Lipinski definition) is 5. The van der Waals surface area contributed by atoms with E-state index in [1.165, 1.54) is 25.7 Å². The minimum Gasteiger partial charge on any atom is -0.462 e. The van der Waals surface area contributed by atoms with Crippen molar-refractivity contribution in [2.75, 3.05) is 37.7 Å². The Hall–Kier alpha value is -1.58. The molecule has 0 atom stereocenters. The van der Waals surface area contributed by atoms with Gasteiger partial charge >= 0.3 is 5.97 Å². The second-order valence-corrected chi connectivity index (χ2v) is 6.57. The summed E-state index contributed by atoms with van der Waals surface area (Å²) in [6.07, 6.45) is 6.53. The lowest BCUT2D eigenvalue weighted by Crippen LogP contribution is -2.52. The number of ether oxygens (including phenoxy) is 1. The van der Waals surface area contributed by atoms with E-state index in [0.29, 0.717) is 18.1 Å². The lowest BCUT2D eigenvalue weighted by atomic mass is 10.1. The van der Waals surface area contributed by atoms with Crippen LogP contribution in [0.1, 0.15) is 43.0 Å². The van der Waals surface area contributed by atoms with E-state index >= 15 is 0 Å². The Bertz CT molecular complexity index is 609. The Morgan fingerprint density at radius 2 is 1.96 bits per heavy atom. The normalized spacial score (nSPS) is 18.6. The molecule has 3 heterocycles. The third-order valence-corrected chi connectivity index (χ3v) is 4.69. The molecule has 7 nitrogen and oxygen atoms in total. The highest BCUT2D eigenvalue weighted by molar-refractivity contribution is 14.0. The van der Waals surface area contributed by atoms with E-state index in [1.54, 1.807) is 19.2 Å². The zero-order valence-electron chi connectivity index (χ0n) is 15.3. The smallest absolute Gasteiger partial charge is 0.339 e. The summed E-state index contributed by atoms with van der Waals surface area (Å²) in [6, 6.07) is 3.82. The highest BCUT2D eigenvalue weighted by Gasteiger charge is 2.28. The van der Waals surface area contributed by atoms with E-state index in [2.05, 4.69) is 19.8 Å². The fraction of sp³-hybridized carbons (Fsp3) is 0.611. The van der Waals surface area contributed by atoms with Crippen molar-refractivity contribution in [3.63, 3.8) is 0 Å². The monoisotopic (exact) mass is 473 g/mol. The van der Waals surface area contributed by atoms with E-state index in [9.17, 15) is 4.79 Å². The van der Waals surface area contributed by atoms with Crippen molar-refractivity contribution in [2.45, 2.75) is 38.6 Å². The van der Waals surface area contributed by atoms with E-state index in [1.807, 2.05) is 6.07 Å². The van der Waals surface area contributed by atoms with E-state index < -0.39 is 0 Å². The van der Waals surface area contributed by atoms with Crippen molar-refractivity contribution in [2.24, 2.45) is 10.7 Å². The highest BCUT2D eigenvalue weighted by atomic mass is 127. The van der Waals surface area contributed by atoms with Crippen LogP contribution in [0.15, 0.2) is 23.3 Å². The van der Waals surface area contributed by atoms with Crippen LogP contribution < -0.4 is 10.6 Å². The third-order valence-electron chi connectivity index (χ3n) is 4.69. The minimum atomic E-state index is -0.335. The maximum atomic E-state index is 11.6. The Balaban J connectivity index is 0.00000243. The molecule has 0 saturated carbocycles. The van der Waals surface area contributed by atoms with Gasteiger partial charge in [0.05, 0.1) is 18.2 Å². The molecule has 2 aliphatic rings. The van der Waals surface area contributed by atoms with E-state index in [4.69, 9.17) is 10.5 Å². The molecular weight excluding hydrogens is 445 g/mol. The van der Waals surface area contributed by atoms with E-state index in [-0.39, 0.29) is 36.0 Å². The molecule has 1 aromatic heterocycles. The number of guanidine groups is 1. The lowest BCUT2D eigenvalue weighted by molar-refractivity contribution is 0.0526. The van der Waals surface area contributed by atoms with Gasteiger partial charge in [-0.2, -0.15) is 0 Å². The minimum absolute atomic E-state index is 0. The van der Waals surface area contributed by atoms with Crippen molar-refractivity contribution in [1.29, 1.82) is 0 Å². The van der Waals surface area contributed by atoms with Gasteiger partial charge in [-0.1, -0.05) is 12.8 Å². The van der Waals surface area contributed by atoms with Gasteiger partial charge < -0.3 is 20.3 Å². The summed E-state index contributed by atoms with van der Waals surface area (Å²) in [5.74, 6) is 1.20. The Morgan fingerprint density at radius 1 is 1.27 bits per heavy atom. The lowest BCUT2D eigenvalue weighted by Gasteiger charge is -2.38. The molecule has 2 aliphatic heterocycles. The van der Waals surface area contributed by atoms with Gasteiger partial charge in [-0.05, 0) is 31.9 Å². The molecule has 0 aromatic carbocycles. The SMILES string of the molecule is CCOC(=O)c1ccc(N2CC(N=C(N)N3CCCCCC3)C2)nc1.I. The first-order chi connectivity index (χ1) is 12.2. The number of esters is 1. The van der Waals surface area contributed by atoms with Crippen LogP contribution in [-0.4, -0.2) is 60.6 Å². The standard InChI is InChI=1S/C18H27N5O2.HI/c1-2-25-17(24)14-7-8-16(20-11-14)23-12-15(13-23)21-18(19)22-9-5-3-4-6-10-22;/h7-8,11,15H,2-6,9-10,12-13H2,1H3,(H2,19,21);1H. The number of hydrogen-bond donors (Lipinski definition) is 1. The van der Waals surface area contributed by atoms with Crippen molar-refractivity contribution in [3.05, 3.63) is 23.9 Å². The van der Waals surface area contributed by atoms with Gasteiger partial charge in [0.1, 0.15) is 5.82 Å². The number of aromatic nitrogens is 1. The van der Waals surface area contributed by atoms with Crippen LogP contribution in [0.5, 0.6) is 0 Å². The number of carbonyl (C=O) groups is 1. The fourth-order valence-corrected chi connectivity index (χ4v) is 3.20. The van der Waals surface area contributed by atoms with Crippen molar-refractivity contribution >= 4 is 41.7 Å². The number of nitrogens with two attached hydrogens (primary N) is 1. The molecule has 0 unspecified atom stereocenters. The average Bonchev–Trinajstić information content (AvgIpc) is 2.87. The van der Waals surface area contributed by atoms with Crippen LogP contribution in [0, 0.1) is 0 Å². The Labute approximate surface area is 172 Å². The molecule has 0 spiro atoms. The topological polar surface area (TPSA) is 84.0 Å². The first-order valence-corrected chi connectivity index (χ1v) is 9.13. The number of aliphatic imine (C=N–C) groups is 1. The van der Waals surface area contributed by atoms with Gasteiger partial charge in [0.15, 0.2) is 5.96 Å². The Morgan fingerprint density at radius 3 is 2.54 bits per heavy atom. The maximum Gasteiger partial charge on any atom is 0.339 e. The summed E-state index contributed by atoms with van der Waals surface area (Å²) in [4.78, 5) is 25.0. The molecule has 2 fully saturated rings. The molecular formula is C18H28IN5O2. The van der Waals surface area contributed by atoms with Gasteiger partial charge in [-0.25, -0.2) is 14.8 Å². The molecule has 2 N–H and O–H groups in total. The van der Waals surface area contributed by atoms with Gasteiger partial charge in [0.25, 0.3) is 0 Å². The zero-order valence-corrected chi connectivity index (χ0v) is 17.6. The zero-order chi connectivity index (χ0) is 17.6. The molecule has 1 aromatic rings.